The topological polar surface area (TPSA) is 68.0 Å². The van der Waals surface area contributed by atoms with Crippen molar-refractivity contribution >= 4 is 33.5 Å². The zero-order chi connectivity index (χ0) is 14.2. The van der Waals surface area contributed by atoms with Gasteiger partial charge in [0.25, 0.3) is 5.82 Å². The van der Waals surface area contributed by atoms with Crippen LogP contribution in [0.15, 0.2) is 16.6 Å². The zero-order valence-electron chi connectivity index (χ0n) is 9.69. The van der Waals surface area contributed by atoms with Crippen LogP contribution in [0.4, 0.5) is 4.39 Å². The smallest absolute Gasteiger partial charge is 0.375 e. The fourth-order valence-electron chi connectivity index (χ4n) is 1.58. The maximum Gasteiger partial charge on any atom is 0.375 e. The van der Waals surface area contributed by atoms with Gasteiger partial charge in [-0.25, -0.2) is 18.9 Å². The summed E-state index contributed by atoms with van der Waals surface area (Å²) in [5, 5.41) is 12.9. The second kappa shape index (κ2) is 5.26. The van der Waals surface area contributed by atoms with Crippen molar-refractivity contribution in [2.75, 3.05) is 0 Å². The highest BCUT2D eigenvalue weighted by Crippen LogP contribution is 2.30. The van der Waals surface area contributed by atoms with Crippen LogP contribution in [-0.4, -0.2) is 25.8 Å². The molecule has 0 spiro atoms. The molecular weight excluding hydrogens is 340 g/mol. The number of aryl methyl sites for hydroxylation is 1. The summed E-state index contributed by atoms with van der Waals surface area (Å²) in [6.45, 7) is 1.80. The van der Waals surface area contributed by atoms with Crippen LogP contribution >= 0.6 is 27.5 Å². The van der Waals surface area contributed by atoms with Crippen LogP contribution in [0, 0.1) is 5.82 Å². The maximum absolute atomic E-state index is 13.2. The number of aromatic carboxylic acids is 1. The summed E-state index contributed by atoms with van der Waals surface area (Å²) < 4.78 is 14.9. The molecule has 0 atom stereocenters. The molecule has 2 rings (SSSR count). The summed E-state index contributed by atoms with van der Waals surface area (Å²) in [5.41, 5.74) is 0.361. The fourth-order valence-corrected chi connectivity index (χ4v) is 2.58. The van der Waals surface area contributed by atoms with E-state index in [1.54, 1.807) is 6.92 Å². The van der Waals surface area contributed by atoms with Crippen LogP contribution in [0.2, 0.25) is 5.02 Å². The lowest BCUT2D eigenvalue weighted by molar-refractivity contribution is 0.0683. The minimum atomic E-state index is -1.23. The van der Waals surface area contributed by atoms with Gasteiger partial charge in [-0.05, 0) is 28.1 Å². The molecule has 0 saturated carbocycles. The number of hydrogen-bond donors (Lipinski definition) is 1. The molecule has 0 aliphatic carbocycles. The minimum Gasteiger partial charge on any atom is -0.475 e. The zero-order valence-corrected chi connectivity index (χ0v) is 12.0. The van der Waals surface area contributed by atoms with Crippen LogP contribution in [0.5, 0.6) is 0 Å². The van der Waals surface area contributed by atoms with E-state index in [9.17, 15) is 9.18 Å². The number of nitrogens with zero attached hydrogens (tertiary/aromatic N) is 3. The monoisotopic (exact) mass is 347 g/mol. The molecular formula is C11H8BrClFN3O2. The molecule has 0 bridgehead atoms. The molecule has 1 N–H and O–H groups in total. The predicted octanol–water partition coefficient (Wildman–Crippen LogP) is 3.08. The molecule has 0 unspecified atom stereocenters. The van der Waals surface area contributed by atoms with E-state index in [1.165, 1.54) is 10.7 Å². The Hall–Kier alpha value is -1.47. The third-order valence-electron chi connectivity index (χ3n) is 2.38. The molecule has 0 amide bonds. The molecule has 2 aromatic rings. The second-order valence-electron chi connectivity index (χ2n) is 3.64. The molecule has 0 saturated heterocycles. The number of aromatic nitrogens is 3. The number of benzene rings is 1. The Morgan fingerprint density at radius 3 is 2.79 bits per heavy atom. The van der Waals surface area contributed by atoms with Gasteiger partial charge in [0.15, 0.2) is 0 Å². The van der Waals surface area contributed by atoms with Crippen LogP contribution in [-0.2, 0) is 6.42 Å². The Labute approximate surface area is 121 Å². The van der Waals surface area contributed by atoms with Crippen LogP contribution in [0.1, 0.15) is 23.4 Å². The number of halogens is 3. The number of hydrogen-bond acceptors (Lipinski definition) is 3. The average Bonchev–Trinajstić information content (AvgIpc) is 2.71. The van der Waals surface area contributed by atoms with Crippen molar-refractivity contribution < 1.29 is 14.3 Å². The van der Waals surface area contributed by atoms with Crippen molar-refractivity contribution in [1.82, 2.24) is 14.8 Å². The van der Waals surface area contributed by atoms with Crippen LogP contribution < -0.4 is 0 Å². The summed E-state index contributed by atoms with van der Waals surface area (Å²) in [7, 11) is 0. The van der Waals surface area contributed by atoms with Gasteiger partial charge in [-0.2, -0.15) is 0 Å². The van der Waals surface area contributed by atoms with Gasteiger partial charge in [-0.1, -0.05) is 18.5 Å². The fraction of sp³-hybridized carbons (Fsp3) is 0.182. The number of carbonyl (C=O) groups is 1. The first-order valence-corrected chi connectivity index (χ1v) is 6.45. The van der Waals surface area contributed by atoms with Crippen molar-refractivity contribution in [3.8, 4) is 5.69 Å². The summed E-state index contributed by atoms with van der Waals surface area (Å²) in [4.78, 5) is 14.8. The van der Waals surface area contributed by atoms with Crippen LogP contribution in [0.3, 0.4) is 0 Å². The van der Waals surface area contributed by atoms with E-state index < -0.39 is 11.8 Å². The number of carboxylic acid groups (broad SMARTS) is 1. The molecule has 1 aromatic carbocycles. The molecule has 0 aliphatic rings. The standard InChI is InChI=1S/C11H8BrClFN3O2/c1-2-8-15-10(11(18)19)16-17(8)9-6(12)3-5(14)4-7(9)13/h3-4H,2H2,1H3,(H,18,19). The van der Waals surface area contributed by atoms with E-state index in [4.69, 9.17) is 16.7 Å². The summed E-state index contributed by atoms with van der Waals surface area (Å²) >= 11 is 9.16. The van der Waals surface area contributed by atoms with Crippen molar-refractivity contribution in [2.24, 2.45) is 0 Å². The lowest BCUT2D eigenvalue weighted by Gasteiger charge is -2.09. The first-order chi connectivity index (χ1) is 8.93. The van der Waals surface area contributed by atoms with Crippen molar-refractivity contribution in [3.05, 3.63) is 39.1 Å². The summed E-state index contributed by atoms with van der Waals surface area (Å²) in [6, 6.07) is 2.35. The second-order valence-corrected chi connectivity index (χ2v) is 4.90. The highest BCUT2D eigenvalue weighted by Gasteiger charge is 2.19. The predicted molar refractivity (Wildman–Crippen MR) is 70.4 cm³/mol. The Balaban J connectivity index is 2.68. The van der Waals surface area contributed by atoms with Gasteiger partial charge in [0.1, 0.15) is 11.6 Å². The SMILES string of the molecule is CCc1nc(C(=O)O)nn1-c1c(Cl)cc(F)cc1Br. The highest BCUT2D eigenvalue weighted by atomic mass is 79.9. The summed E-state index contributed by atoms with van der Waals surface area (Å²) in [6.07, 6.45) is 0.459. The molecule has 19 heavy (non-hydrogen) atoms. The molecule has 0 radical (unpaired) electrons. The van der Waals surface area contributed by atoms with Crippen molar-refractivity contribution in [3.63, 3.8) is 0 Å². The van der Waals surface area contributed by atoms with Gasteiger partial charge in [0.05, 0.1) is 10.7 Å². The van der Waals surface area contributed by atoms with E-state index in [1.807, 2.05) is 0 Å². The van der Waals surface area contributed by atoms with E-state index in [0.29, 0.717) is 22.4 Å². The van der Waals surface area contributed by atoms with E-state index in [-0.39, 0.29) is 10.8 Å². The molecule has 8 heteroatoms. The Bertz CT molecular complexity index is 636. The van der Waals surface area contributed by atoms with Gasteiger partial charge in [-0.3, -0.25) is 0 Å². The van der Waals surface area contributed by atoms with Crippen molar-refractivity contribution in [1.29, 1.82) is 0 Å². The quantitative estimate of drug-likeness (QED) is 0.925. The lowest BCUT2D eigenvalue weighted by atomic mass is 10.3. The molecule has 0 aliphatic heterocycles. The van der Waals surface area contributed by atoms with Gasteiger partial charge in [0, 0.05) is 10.9 Å². The van der Waals surface area contributed by atoms with E-state index in [2.05, 4.69) is 26.0 Å². The third kappa shape index (κ3) is 2.62. The van der Waals surface area contributed by atoms with E-state index >= 15 is 0 Å². The van der Waals surface area contributed by atoms with Crippen LogP contribution in [0.25, 0.3) is 5.69 Å². The number of carboxylic acids is 1. The highest BCUT2D eigenvalue weighted by molar-refractivity contribution is 9.10. The molecule has 1 aromatic heterocycles. The Morgan fingerprint density at radius 2 is 2.26 bits per heavy atom. The molecule has 5 nitrogen and oxygen atoms in total. The third-order valence-corrected chi connectivity index (χ3v) is 3.27. The van der Waals surface area contributed by atoms with Gasteiger partial charge >= 0.3 is 5.97 Å². The Morgan fingerprint density at radius 1 is 1.58 bits per heavy atom. The molecule has 100 valence electrons. The van der Waals surface area contributed by atoms with E-state index in [0.717, 1.165) is 6.07 Å². The molecule has 0 fully saturated rings. The maximum atomic E-state index is 13.2. The van der Waals surface area contributed by atoms with Gasteiger partial charge in [0.2, 0.25) is 0 Å². The van der Waals surface area contributed by atoms with Gasteiger partial charge in [-0.15, -0.1) is 5.10 Å². The normalized spacial score (nSPS) is 10.7. The Kier molecular flexibility index (Phi) is 3.86. The summed E-state index contributed by atoms with van der Waals surface area (Å²) in [5.74, 6) is -1.64. The van der Waals surface area contributed by atoms with Gasteiger partial charge < -0.3 is 5.11 Å². The van der Waals surface area contributed by atoms with Crippen molar-refractivity contribution in [2.45, 2.75) is 13.3 Å². The molecule has 1 heterocycles. The first kappa shape index (κ1) is 14.0. The largest absolute Gasteiger partial charge is 0.475 e. The lowest BCUT2D eigenvalue weighted by Crippen LogP contribution is -2.05. The average molecular weight is 349 g/mol. The number of rotatable bonds is 3. The minimum absolute atomic E-state index is 0.114. The first-order valence-electron chi connectivity index (χ1n) is 5.28.